The van der Waals surface area contributed by atoms with Crippen molar-refractivity contribution in [1.29, 1.82) is 0 Å². The predicted molar refractivity (Wildman–Crippen MR) is 95.2 cm³/mol. The van der Waals surface area contributed by atoms with E-state index in [0.29, 0.717) is 5.75 Å². The topological polar surface area (TPSA) is 120 Å². The Balaban J connectivity index is 2.83. The molecule has 1 aromatic carbocycles. The standard InChI is InChI=1S/C18H24N2O7/c1-10(2)14(17(23)27-11(3)15(21)20-18(24)26-5)19-16(22)12-8-6-7-9-13(12)25-4/h6-11,14H,1-5H3,(H,19,22)(H,20,21,24)/t11-,14+/m1/s1. The van der Waals surface area contributed by atoms with Gasteiger partial charge in [-0.2, -0.15) is 0 Å². The predicted octanol–water partition coefficient (Wildman–Crippen LogP) is 1.26. The van der Waals surface area contributed by atoms with E-state index in [1.54, 1.807) is 38.1 Å². The van der Waals surface area contributed by atoms with E-state index >= 15 is 0 Å². The van der Waals surface area contributed by atoms with Crippen molar-refractivity contribution in [2.24, 2.45) is 5.92 Å². The zero-order valence-corrected chi connectivity index (χ0v) is 15.9. The number of carbonyl (C=O) groups excluding carboxylic acids is 4. The van der Waals surface area contributed by atoms with Crippen LogP contribution in [0.5, 0.6) is 5.75 Å². The minimum Gasteiger partial charge on any atom is -0.496 e. The number of imide groups is 1. The number of benzene rings is 1. The fourth-order valence-corrected chi connectivity index (χ4v) is 2.10. The Kier molecular flexibility index (Phi) is 8.25. The number of hydrogen-bond acceptors (Lipinski definition) is 7. The summed E-state index contributed by atoms with van der Waals surface area (Å²) in [5.74, 6) is -2.12. The SMILES string of the molecule is COC(=O)NC(=O)[C@@H](C)OC(=O)[C@@H](NC(=O)c1ccccc1OC)C(C)C. The van der Waals surface area contributed by atoms with E-state index in [4.69, 9.17) is 9.47 Å². The van der Waals surface area contributed by atoms with Gasteiger partial charge in [-0.15, -0.1) is 0 Å². The summed E-state index contributed by atoms with van der Waals surface area (Å²) in [6.07, 6.45) is -2.21. The van der Waals surface area contributed by atoms with Gasteiger partial charge in [0.1, 0.15) is 11.8 Å². The summed E-state index contributed by atoms with van der Waals surface area (Å²) in [4.78, 5) is 47.7. The Hall–Kier alpha value is -3.10. The maximum Gasteiger partial charge on any atom is 0.413 e. The second-order valence-corrected chi connectivity index (χ2v) is 5.96. The number of methoxy groups -OCH3 is 2. The van der Waals surface area contributed by atoms with Gasteiger partial charge in [-0.1, -0.05) is 26.0 Å². The lowest BCUT2D eigenvalue weighted by atomic mass is 10.0. The van der Waals surface area contributed by atoms with E-state index < -0.39 is 36.0 Å². The molecule has 0 aliphatic carbocycles. The molecule has 1 aromatic rings. The molecule has 2 N–H and O–H groups in total. The quantitative estimate of drug-likeness (QED) is 0.683. The summed E-state index contributed by atoms with van der Waals surface area (Å²) < 4.78 is 14.5. The third-order valence-corrected chi connectivity index (χ3v) is 3.63. The average Bonchev–Trinajstić information content (AvgIpc) is 2.64. The molecule has 27 heavy (non-hydrogen) atoms. The van der Waals surface area contributed by atoms with Gasteiger partial charge in [0.15, 0.2) is 6.10 Å². The third-order valence-electron chi connectivity index (χ3n) is 3.63. The molecule has 9 heteroatoms. The first-order valence-corrected chi connectivity index (χ1v) is 8.24. The molecule has 0 fully saturated rings. The molecule has 3 amide bonds. The van der Waals surface area contributed by atoms with E-state index in [2.05, 4.69) is 10.1 Å². The third kappa shape index (κ3) is 6.28. The molecule has 0 heterocycles. The minimum absolute atomic E-state index is 0.259. The molecule has 0 radical (unpaired) electrons. The van der Waals surface area contributed by atoms with Gasteiger partial charge in [0.05, 0.1) is 19.8 Å². The first-order chi connectivity index (χ1) is 12.7. The van der Waals surface area contributed by atoms with E-state index in [0.717, 1.165) is 7.11 Å². The van der Waals surface area contributed by atoms with Crippen LogP contribution < -0.4 is 15.4 Å². The molecule has 0 saturated carbocycles. The zero-order valence-electron chi connectivity index (χ0n) is 15.9. The van der Waals surface area contributed by atoms with Crippen molar-refractivity contribution in [3.63, 3.8) is 0 Å². The highest BCUT2D eigenvalue weighted by Crippen LogP contribution is 2.18. The van der Waals surface area contributed by atoms with Crippen LogP contribution in [0.1, 0.15) is 31.1 Å². The monoisotopic (exact) mass is 380 g/mol. The summed E-state index contributed by atoms with van der Waals surface area (Å²) in [5, 5.41) is 4.49. The van der Waals surface area contributed by atoms with Gasteiger partial charge in [0, 0.05) is 0 Å². The fraction of sp³-hybridized carbons (Fsp3) is 0.444. The summed E-state index contributed by atoms with van der Waals surface area (Å²) in [6, 6.07) is 5.56. The normalized spacial score (nSPS) is 12.5. The lowest BCUT2D eigenvalue weighted by Gasteiger charge is -2.23. The summed E-state index contributed by atoms with van der Waals surface area (Å²) in [5.41, 5.74) is 0.259. The molecule has 2 atom stereocenters. The molecule has 0 saturated heterocycles. The van der Waals surface area contributed by atoms with Gasteiger partial charge in [-0.05, 0) is 25.0 Å². The number of amides is 3. The van der Waals surface area contributed by atoms with Crippen molar-refractivity contribution in [2.45, 2.75) is 32.9 Å². The van der Waals surface area contributed by atoms with Crippen LogP contribution in [0.15, 0.2) is 24.3 Å². The Morgan fingerprint density at radius 1 is 1.00 bits per heavy atom. The molecule has 0 bridgehead atoms. The number of carbonyl (C=O) groups is 4. The first kappa shape index (κ1) is 21.9. The number of alkyl carbamates (subject to hydrolysis) is 1. The van der Waals surface area contributed by atoms with Crippen molar-refractivity contribution < 1.29 is 33.4 Å². The summed E-state index contributed by atoms with van der Waals surface area (Å²) >= 11 is 0. The molecule has 0 aliphatic rings. The molecule has 0 unspecified atom stereocenters. The van der Waals surface area contributed by atoms with E-state index in [9.17, 15) is 19.2 Å². The second-order valence-electron chi connectivity index (χ2n) is 5.96. The van der Waals surface area contributed by atoms with Crippen molar-refractivity contribution in [3.8, 4) is 5.75 Å². The molecule has 148 valence electrons. The molecule has 9 nitrogen and oxygen atoms in total. The fourth-order valence-electron chi connectivity index (χ4n) is 2.10. The number of ether oxygens (including phenoxy) is 3. The van der Waals surface area contributed by atoms with Crippen molar-refractivity contribution in [2.75, 3.05) is 14.2 Å². The Bertz CT molecular complexity index is 703. The Morgan fingerprint density at radius 2 is 1.63 bits per heavy atom. The number of rotatable bonds is 7. The maximum absolute atomic E-state index is 12.5. The minimum atomic E-state index is -1.25. The lowest BCUT2D eigenvalue weighted by Crippen LogP contribution is -2.48. The van der Waals surface area contributed by atoms with Gasteiger partial charge < -0.3 is 19.5 Å². The van der Waals surface area contributed by atoms with Crippen molar-refractivity contribution in [3.05, 3.63) is 29.8 Å². The van der Waals surface area contributed by atoms with Gasteiger partial charge in [0.2, 0.25) is 0 Å². The molecule has 0 aromatic heterocycles. The molecule has 0 aliphatic heterocycles. The average molecular weight is 380 g/mol. The van der Waals surface area contributed by atoms with Gasteiger partial charge in [-0.3, -0.25) is 14.9 Å². The largest absolute Gasteiger partial charge is 0.496 e. The van der Waals surface area contributed by atoms with E-state index in [1.807, 2.05) is 5.32 Å². The Morgan fingerprint density at radius 3 is 2.19 bits per heavy atom. The van der Waals surface area contributed by atoms with Crippen LogP contribution in [0.25, 0.3) is 0 Å². The zero-order chi connectivity index (χ0) is 20.6. The van der Waals surface area contributed by atoms with Crippen LogP contribution in [0.3, 0.4) is 0 Å². The van der Waals surface area contributed by atoms with E-state index in [-0.39, 0.29) is 11.5 Å². The lowest BCUT2D eigenvalue weighted by molar-refractivity contribution is -0.157. The smallest absolute Gasteiger partial charge is 0.413 e. The molecule has 0 spiro atoms. The molecule has 1 rings (SSSR count). The summed E-state index contributed by atoms with van der Waals surface area (Å²) in [7, 11) is 2.53. The van der Waals surface area contributed by atoms with Crippen molar-refractivity contribution >= 4 is 23.9 Å². The number of nitrogens with one attached hydrogen (secondary N) is 2. The van der Waals surface area contributed by atoms with Crippen LogP contribution in [0.4, 0.5) is 4.79 Å². The highest BCUT2D eigenvalue weighted by Gasteiger charge is 2.30. The van der Waals surface area contributed by atoms with Gasteiger partial charge in [0.25, 0.3) is 11.8 Å². The van der Waals surface area contributed by atoms with Crippen molar-refractivity contribution in [1.82, 2.24) is 10.6 Å². The number of para-hydroxylation sites is 1. The number of hydrogen-bond donors (Lipinski definition) is 2. The van der Waals surface area contributed by atoms with Gasteiger partial charge >= 0.3 is 12.1 Å². The summed E-state index contributed by atoms with van der Waals surface area (Å²) in [6.45, 7) is 4.73. The van der Waals surface area contributed by atoms with Crippen LogP contribution in [-0.4, -0.2) is 50.2 Å². The Labute approximate surface area is 157 Å². The highest BCUT2D eigenvalue weighted by molar-refractivity contribution is 5.99. The first-order valence-electron chi connectivity index (χ1n) is 8.24. The van der Waals surface area contributed by atoms with E-state index in [1.165, 1.54) is 14.0 Å². The van der Waals surface area contributed by atoms with Crippen LogP contribution in [0, 0.1) is 5.92 Å². The maximum atomic E-state index is 12.5. The van der Waals surface area contributed by atoms with Gasteiger partial charge in [-0.25, -0.2) is 9.59 Å². The van der Waals surface area contributed by atoms with Crippen LogP contribution in [0.2, 0.25) is 0 Å². The van der Waals surface area contributed by atoms with Crippen LogP contribution >= 0.6 is 0 Å². The second kappa shape index (κ2) is 10.1. The number of esters is 1. The highest BCUT2D eigenvalue weighted by atomic mass is 16.6. The molecular formula is C18H24N2O7. The molecular weight excluding hydrogens is 356 g/mol. The van der Waals surface area contributed by atoms with Crippen LogP contribution in [-0.2, 0) is 19.1 Å².